The van der Waals surface area contributed by atoms with Gasteiger partial charge in [0.05, 0.1) is 17.3 Å². The fourth-order valence-electron chi connectivity index (χ4n) is 3.22. The van der Waals surface area contributed by atoms with Crippen molar-refractivity contribution in [2.45, 2.75) is 20.4 Å². The standard InChI is InChI=1S/C22H26N4O2S/c1-4-26(5-2)22(28)16-9-8-10-17(13-16)23-20(27)14-25(3)15-21-24-18-11-6-7-12-19(18)29-21/h6-13H,4-5,14-15H2,1-3H3,(H,23,27)/p+1. The number of anilines is 1. The molecule has 1 unspecified atom stereocenters. The quantitative estimate of drug-likeness (QED) is 0.598. The zero-order valence-corrected chi connectivity index (χ0v) is 17.9. The molecule has 0 aliphatic heterocycles. The lowest BCUT2D eigenvalue weighted by molar-refractivity contribution is -0.885. The molecule has 7 heteroatoms. The largest absolute Gasteiger partial charge is 0.339 e. The van der Waals surface area contributed by atoms with Gasteiger partial charge in [-0.25, -0.2) is 4.98 Å². The third-order valence-electron chi connectivity index (χ3n) is 4.70. The lowest BCUT2D eigenvalue weighted by Crippen LogP contribution is -3.08. The van der Waals surface area contributed by atoms with Crippen LogP contribution in [0.5, 0.6) is 0 Å². The molecule has 6 nitrogen and oxygen atoms in total. The molecule has 3 aromatic rings. The Balaban J connectivity index is 1.58. The summed E-state index contributed by atoms with van der Waals surface area (Å²) in [6.45, 7) is 6.24. The van der Waals surface area contributed by atoms with E-state index < -0.39 is 0 Å². The van der Waals surface area contributed by atoms with Crippen LogP contribution in [0.4, 0.5) is 5.69 Å². The van der Waals surface area contributed by atoms with Gasteiger partial charge in [-0.05, 0) is 44.2 Å². The molecule has 0 aliphatic rings. The van der Waals surface area contributed by atoms with Crippen LogP contribution >= 0.6 is 11.3 Å². The van der Waals surface area contributed by atoms with Gasteiger partial charge >= 0.3 is 0 Å². The Labute approximate surface area is 175 Å². The molecular weight excluding hydrogens is 384 g/mol. The van der Waals surface area contributed by atoms with E-state index in [-0.39, 0.29) is 11.8 Å². The van der Waals surface area contributed by atoms with E-state index in [4.69, 9.17) is 0 Å². The number of aromatic nitrogens is 1. The van der Waals surface area contributed by atoms with E-state index >= 15 is 0 Å². The van der Waals surface area contributed by atoms with Gasteiger partial charge in [-0.1, -0.05) is 18.2 Å². The first kappa shape index (κ1) is 21.0. The molecule has 1 aromatic heterocycles. The Bertz CT molecular complexity index is 964. The molecule has 3 rings (SSSR count). The Hall–Kier alpha value is -2.77. The summed E-state index contributed by atoms with van der Waals surface area (Å²) < 4.78 is 1.16. The number of para-hydroxylation sites is 1. The van der Waals surface area contributed by atoms with Crippen molar-refractivity contribution in [1.82, 2.24) is 9.88 Å². The summed E-state index contributed by atoms with van der Waals surface area (Å²) in [6.07, 6.45) is 0. The van der Waals surface area contributed by atoms with Crippen molar-refractivity contribution < 1.29 is 14.5 Å². The summed E-state index contributed by atoms with van der Waals surface area (Å²) in [5.41, 5.74) is 2.22. The Morgan fingerprint density at radius 2 is 1.86 bits per heavy atom. The van der Waals surface area contributed by atoms with Crippen LogP contribution in [0.2, 0.25) is 0 Å². The molecule has 2 amide bonds. The Morgan fingerprint density at radius 1 is 1.10 bits per heavy atom. The van der Waals surface area contributed by atoms with Gasteiger partial charge in [0.25, 0.3) is 11.8 Å². The molecule has 29 heavy (non-hydrogen) atoms. The molecule has 2 N–H and O–H groups in total. The smallest absolute Gasteiger partial charge is 0.279 e. The number of fused-ring (bicyclic) bond motifs is 1. The minimum Gasteiger partial charge on any atom is -0.339 e. The molecule has 2 aromatic carbocycles. The highest BCUT2D eigenvalue weighted by Crippen LogP contribution is 2.20. The van der Waals surface area contributed by atoms with Gasteiger partial charge in [0.15, 0.2) is 6.54 Å². The van der Waals surface area contributed by atoms with Crippen LogP contribution in [0, 0.1) is 0 Å². The summed E-state index contributed by atoms with van der Waals surface area (Å²) in [4.78, 5) is 32.4. The molecule has 0 aliphatic carbocycles. The zero-order chi connectivity index (χ0) is 20.8. The van der Waals surface area contributed by atoms with Gasteiger partial charge in [-0.2, -0.15) is 0 Å². The first-order chi connectivity index (χ1) is 14.0. The molecule has 0 bridgehead atoms. The molecule has 0 saturated carbocycles. The monoisotopic (exact) mass is 411 g/mol. The van der Waals surface area contributed by atoms with E-state index in [1.807, 2.05) is 39.1 Å². The molecule has 0 fully saturated rings. The van der Waals surface area contributed by atoms with Crippen molar-refractivity contribution in [2.24, 2.45) is 0 Å². The van der Waals surface area contributed by atoms with Crippen LogP contribution < -0.4 is 10.2 Å². The van der Waals surface area contributed by atoms with Crippen molar-refractivity contribution in [3.8, 4) is 0 Å². The highest BCUT2D eigenvalue weighted by atomic mass is 32.1. The van der Waals surface area contributed by atoms with Gasteiger partial charge in [0, 0.05) is 24.3 Å². The summed E-state index contributed by atoms with van der Waals surface area (Å²) >= 11 is 1.66. The number of nitrogens with zero attached hydrogens (tertiary/aromatic N) is 2. The summed E-state index contributed by atoms with van der Waals surface area (Å²) in [7, 11) is 1.98. The Kier molecular flexibility index (Phi) is 6.95. The van der Waals surface area contributed by atoms with Gasteiger partial charge in [0.2, 0.25) is 0 Å². The number of nitrogens with one attached hydrogen (secondary N) is 2. The van der Waals surface area contributed by atoms with Crippen LogP contribution in [0.1, 0.15) is 29.2 Å². The number of quaternary nitrogens is 1. The first-order valence-electron chi connectivity index (χ1n) is 9.85. The molecule has 1 atom stereocenters. The van der Waals surface area contributed by atoms with Crippen LogP contribution in [0.15, 0.2) is 48.5 Å². The summed E-state index contributed by atoms with van der Waals surface area (Å²) in [5, 5.41) is 3.92. The van der Waals surface area contributed by atoms with Crippen LogP contribution in [0.3, 0.4) is 0 Å². The van der Waals surface area contributed by atoms with E-state index in [9.17, 15) is 9.59 Å². The Morgan fingerprint density at radius 3 is 2.59 bits per heavy atom. The second-order valence-electron chi connectivity index (χ2n) is 6.99. The topological polar surface area (TPSA) is 66.7 Å². The highest BCUT2D eigenvalue weighted by molar-refractivity contribution is 7.18. The van der Waals surface area contributed by atoms with Gasteiger partial charge < -0.3 is 15.1 Å². The number of benzene rings is 2. The predicted octanol–water partition coefficient (Wildman–Crippen LogP) is 2.43. The maximum absolute atomic E-state index is 12.5. The number of carbonyl (C=O) groups is 2. The molecule has 0 radical (unpaired) electrons. The predicted molar refractivity (Wildman–Crippen MR) is 117 cm³/mol. The minimum atomic E-state index is -0.0870. The molecule has 152 valence electrons. The maximum Gasteiger partial charge on any atom is 0.279 e. The van der Waals surface area contributed by atoms with E-state index in [0.717, 1.165) is 20.1 Å². The van der Waals surface area contributed by atoms with Crippen molar-refractivity contribution >= 4 is 39.1 Å². The van der Waals surface area contributed by atoms with E-state index in [1.165, 1.54) is 0 Å². The van der Waals surface area contributed by atoms with Crippen LogP contribution in [0.25, 0.3) is 10.2 Å². The average Bonchev–Trinajstić information content (AvgIpc) is 3.10. The first-order valence-corrected chi connectivity index (χ1v) is 10.7. The maximum atomic E-state index is 12.5. The third-order valence-corrected chi connectivity index (χ3v) is 5.73. The highest BCUT2D eigenvalue weighted by Gasteiger charge is 2.16. The SMILES string of the molecule is CCN(CC)C(=O)c1cccc(NC(=O)C[NH+](C)Cc2nc3ccccc3s2)c1. The zero-order valence-electron chi connectivity index (χ0n) is 17.1. The number of rotatable bonds is 8. The molecule has 0 spiro atoms. The molecular formula is C22H27N4O2S+. The number of carbonyl (C=O) groups excluding carboxylic acids is 2. The molecule has 0 saturated heterocycles. The number of likely N-dealkylation sites (N-methyl/N-ethyl adjacent to an activating group) is 1. The number of thiazole rings is 1. The summed E-state index contributed by atoms with van der Waals surface area (Å²) in [5.74, 6) is -0.110. The van der Waals surface area contributed by atoms with Gasteiger partial charge in [-0.3, -0.25) is 9.59 Å². The van der Waals surface area contributed by atoms with Crippen molar-refractivity contribution in [3.05, 3.63) is 59.1 Å². The number of hydrogen-bond donors (Lipinski definition) is 2. The van der Waals surface area contributed by atoms with Crippen LogP contribution in [-0.4, -0.2) is 48.4 Å². The number of amides is 2. The lowest BCUT2D eigenvalue weighted by Gasteiger charge is -2.19. The summed E-state index contributed by atoms with van der Waals surface area (Å²) in [6, 6.07) is 15.2. The van der Waals surface area contributed by atoms with Gasteiger partial charge in [-0.15, -0.1) is 11.3 Å². The van der Waals surface area contributed by atoms with E-state index in [0.29, 0.717) is 37.4 Å². The number of hydrogen-bond acceptors (Lipinski definition) is 4. The lowest BCUT2D eigenvalue weighted by atomic mass is 10.1. The molecule has 1 heterocycles. The second kappa shape index (κ2) is 9.62. The van der Waals surface area contributed by atoms with Crippen molar-refractivity contribution in [3.63, 3.8) is 0 Å². The van der Waals surface area contributed by atoms with Gasteiger partial charge in [0.1, 0.15) is 11.6 Å². The fraction of sp³-hybridized carbons (Fsp3) is 0.318. The fourth-order valence-corrected chi connectivity index (χ4v) is 4.30. The van der Waals surface area contributed by atoms with E-state index in [1.54, 1.807) is 40.5 Å². The van der Waals surface area contributed by atoms with Crippen molar-refractivity contribution in [1.29, 1.82) is 0 Å². The van der Waals surface area contributed by atoms with Crippen molar-refractivity contribution in [2.75, 3.05) is 32.0 Å². The minimum absolute atomic E-state index is 0.0234. The second-order valence-corrected chi connectivity index (χ2v) is 8.11. The van der Waals surface area contributed by atoms with Crippen LogP contribution in [-0.2, 0) is 11.3 Å². The normalized spacial score (nSPS) is 12.0. The third kappa shape index (κ3) is 5.40. The van der Waals surface area contributed by atoms with E-state index in [2.05, 4.69) is 16.4 Å². The average molecular weight is 412 g/mol.